The van der Waals surface area contributed by atoms with Crippen LogP contribution in [0, 0.1) is 0 Å². The number of hydrogen-bond acceptors (Lipinski definition) is 3. The second-order valence-electron chi connectivity index (χ2n) is 4.85. The van der Waals surface area contributed by atoms with Crippen LogP contribution in [0.4, 0.5) is 13.2 Å². The third kappa shape index (κ3) is 2.70. The zero-order valence-corrected chi connectivity index (χ0v) is 12.4. The van der Waals surface area contributed by atoms with Gasteiger partial charge in [-0.2, -0.15) is 13.2 Å². The minimum absolute atomic E-state index is 0.296. The van der Waals surface area contributed by atoms with Crippen molar-refractivity contribution < 1.29 is 18.0 Å². The Hall–Kier alpha value is -1.96. The Morgan fingerprint density at radius 1 is 1.36 bits per heavy atom. The summed E-state index contributed by atoms with van der Waals surface area (Å²) in [5.74, 6) is 0.444. The number of aryl methyl sites for hydroxylation is 1. The van der Waals surface area contributed by atoms with Crippen LogP contribution < -0.4 is 5.32 Å². The first-order valence-corrected chi connectivity index (χ1v) is 7.50. The highest BCUT2D eigenvalue weighted by atomic mass is 32.2. The van der Waals surface area contributed by atoms with Crippen molar-refractivity contribution in [2.24, 2.45) is 12.0 Å². The molecule has 0 bridgehead atoms. The summed E-state index contributed by atoms with van der Waals surface area (Å²) in [7, 11) is 1.65. The molecule has 1 aliphatic heterocycles. The van der Waals surface area contributed by atoms with E-state index >= 15 is 0 Å². The van der Waals surface area contributed by atoms with Crippen LogP contribution in [0.2, 0.25) is 0 Å². The number of hydrogen-bond donors (Lipinski definition) is 1. The predicted octanol–water partition coefficient (Wildman–Crippen LogP) is 3.03. The van der Waals surface area contributed by atoms with E-state index in [4.69, 9.17) is 0 Å². The van der Waals surface area contributed by atoms with Crippen LogP contribution in [0.15, 0.2) is 29.3 Å². The van der Waals surface area contributed by atoms with Crippen LogP contribution in [-0.4, -0.2) is 27.9 Å². The first-order valence-electron chi connectivity index (χ1n) is 6.51. The number of alkyl halides is 3. The third-order valence-corrected chi connectivity index (χ3v) is 4.30. The van der Waals surface area contributed by atoms with Crippen molar-refractivity contribution in [3.63, 3.8) is 0 Å². The zero-order chi connectivity index (χ0) is 15.9. The number of thioether (sulfide) groups is 1. The van der Waals surface area contributed by atoms with Crippen LogP contribution in [0.3, 0.4) is 0 Å². The maximum absolute atomic E-state index is 12.7. The van der Waals surface area contributed by atoms with Crippen LogP contribution in [0.25, 0.3) is 10.9 Å². The molecule has 3 rings (SSSR count). The topological polar surface area (TPSA) is 46.4 Å². The van der Waals surface area contributed by atoms with Crippen molar-refractivity contribution in [2.45, 2.75) is 6.18 Å². The fourth-order valence-corrected chi connectivity index (χ4v) is 3.04. The quantitative estimate of drug-likeness (QED) is 0.875. The molecule has 2 aromatic rings. The number of nitrogens with zero attached hydrogens (tertiary/aromatic N) is 2. The van der Waals surface area contributed by atoms with Gasteiger partial charge in [0.15, 0.2) is 5.17 Å². The highest BCUT2D eigenvalue weighted by Crippen LogP contribution is 2.32. The molecular weight excluding hydrogens is 315 g/mol. The van der Waals surface area contributed by atoms with Crippen LogP contribution >= 0.6 is 11.8 Å². The molecule has 0 spiro atoms. The van der Waals surface area contributed by atoms with Crippen molar-refractivity contribution in [1.82, 2.24) is 9.88 Å². The number of aromatic nitrogens is 1. The lowest BCUT2D eigenvalue weighted by Gasteiger charge is -2.07. The lowest BCUT2D eigenvalue weighted by Crippen LogP contribution is -2.28. The molecule has 8 heteroatoms. The normalized spacial score (nSPS) is 15.2. The average Bonchev–Trinajstić information content (AvgIpc) is 3.06. The van der Waals surface area contributed by atoms with Crippen molar-refractivity contribution in [3.05, 3.63) is 35.5 Å². The smallest absolute Gasteiger partial charge is 0.340 e. The standard InChI is InChI=1S/C14H12F3N3OS/c1-20-10-3-2-9(14(15,16)17)6-8(10)7-11(20)12(21)19-13-18-4-5-22-13/h2-3,6-7H,4-5H2,1H3,(H,18,19,21). The summed E-state index contributed by atoms with van der Waals surface area (Å²) in [5, 5.41) is 3.60. The first kappa shape index (κ1) is 15.0. The molecule has 4 nitrogen and oxygen atoms in total. The molecule has 0 fully saturated rings. The molecule has 1 aliphatic rings. The van der Waals surface area contributed by atoms with Gasteiger partial charge in [0.25, 0.3) is 5.91 Å². The Labute approximate surface area is 128 Å². The highest BCUT2D eigenvalue weighted by molar-refractivity contribution is 8.14. The molecular formula is C14H12F3N3OS. The van der Waals surface area contributed by atoms with E-state index in [-0.39, 0.29) is 5.91 Å². The summed E-state index contributed by atoms with van der Waals surface area (Å²) >= 11 is 1.44. The second-order valence-corrected chi connectivity index (χ2v) is 5.93. The number of aliphatic imine (C=N–C) groups is 1. The second kappa shape index (κ2) is 5.35. The van der Waals surface area contributed by atoms with E-state index in [0.717, 1.165) is 17.9 Å². The van der Waals surface area contributed by atoms with Gasteiger partial charge in [-0.05, 0) is 24.3 Å². The van der Waals surface area contributed by atoms with E-state index < -0.39 is 11.7 Å². The number of amidine groups is 1. The summed E-state index contributed by atoms with van der Waals surface area (Å²) in [6.07, 6.45) is -4.40. The van der Waals surface area contributed by atoms with Gasteiger partial charge in [-0.25, -0.2) is 0 Å². The van der Waals surface area contributed by atoms with E-state index in [1.54, 1.807) is 11.6 Å². The van der Waals surface area contributed by atoms with E-state index in [9.17, 15) is 18.0 Å². The van der Waals surface area contributed by atoms with Crippen LogP contribution in [-0.2, 0) is 13.2 Å². The van der Waals surface area contributed by atoms with Gasteiger partial charge >= 0.3 is 6.18 Å². The van der Waals surface area contributed by atoms with Crippen molar-refractivity contribution in [1.29, 1.82) is 0 Å². The molecule has 0 aliphatic carbocycles. The largest absolute Gasteiger partial charge is 0.416 e. The highest BCUT2D eigenvalue weighted by Gasteiger charge is 2.31. The fourth-order valence-electron chi connectivity index (χ4n) is 2.32. The Bertz CT molecular complexity index is 779. The zero-order valence-electron chi connectivity index (χ0n) is 11.6. The lowest BCUT2D eigenvalue weighted by atomic mass is 10.1. The molecule has 1 aromatic carbocycles. The minimum Gasteiger partial charge on any atom is -0.340 e. The number of benzene rings is 1. The van der Waals surface area contributed by atoms with Gasteiger partial charge in [-0.15, -0.1) is 0 Å². The minimum atomic E-state index is -4.40. The van der Waals surface area contributed by atoms with Gasteiger partial charge in [0.1, 0.15) is 5.69 Å². The van der Waals surface area contributed by atoms with E-state index in [0.29, 0.717) is 28.3 Å². The van der Waals surface area contributed by atoms with Gasteiger partial charge in [0.05, 0.1) is 12.1 Å². The molecule has 1 aromatic heterocycles. The van der Waals surface area contributed by atoms with Crippen LogP contribution in [0.5, 0.6) is 0 Å². The number of rotatable bonds is 1. The first-order chi connectivity index (χ1) is 10.4. The number of carbonyl (C=O) groups excluding carboxylic acids is 1. The van der Waals surface area contributed by atoms with Gasteiger partial charge < -0.3 is 9.88 Å². The number of nitrogens with one attached hydrogen (secondary N) is 1. The predicted molar refractivity (Wildman–Crippen MR) is 80.1 cm³/mol. The van der Waals surface area contributed by atoms with Crippen molar-refractivity contribution in [2.75, 3.05) is 12.3 Å². The Balaban J connectivity index is 1.96. The number of fused-ring (bicyclic) bond motifs is 1. The molecule has 2 heterocycles. The molecule has 0 saturated carbocycles. The molecule has 1 N–H and O–H groups in total. The molecule has 116 valence electrons. The lowest BCUT2D eigenvalue weighted by molar-refractivity contribution is -0.137. The van der Waals surface area contributed by atoms with E-state index in [1.807, 2.05) is 0 Å². The molecule has 0 unspecified atom stereocenters. The summed E-state index contributed by atoms with van der Waals surface area (Å²) < 4.78 is 39.8. The molecule has 0 atom stereocenters. The Kier molecular flexibility index (Phi) is 3.64. The Morgan fingerprint density at radius 2 is 2.14 bits per heavy atom. The monoisotopic (exact) mass is 327 g/mol. The van der Waals surface area contributed by atoms with Crippen molar-refractivity contribution in [3.8, 4) is 0 Å². The van der Waals surface area contributed by atoms with Gasteiger partial charge in [0.2, 0.25) is 0 Å². The fraction of sp³-hybridized carbons (Fsp3) is 0.286. The molecule has 0 radical (unpaired) electrons. The summed E-state index contributed by atoms with van der Waals surface area (Å²) in [4.78, 5) is 16.3. The van der Waals surface area contributed by atoms with Gasteiger partial charge in [-0.3, -0.25) is 9.79 Å². The molecule has 1 amide bonds. The van der Waals surface area contributed by atoms with Crippen LogP contribution in [0.1, 0.15) is 16.1 Å². The van der Waals surface area contributed by atoms with Gasteiger partial charge in [-0.1, -0.05) is 11.8 Å². The average molecular weight is 327 g/mol. The third-order valence-electron chi connectivity index (χ3n) is 3.41. The molecule has 0 saturated heterocycles. The number of amides is 1. The summed E-state index contributed by atoms with van der Waals surface area (Å²) in [6, 6.07) is 4.89. The number of carbonyl (C=O) groups is 1. The maximum Gasteiger partial charge on any atom is 0.416 e. The Morgan fingerprint density at radius 3 is 2.77 bits per heavy atom. The van der Waals surface area contributed by atoms with E-state index in [2.05, 4.69) is 10.3 Å². The SMILES string of the molecule is Cn1c(C(=O)NC2=NCCS2)cc2cc(C(F)(F)F)ccc21. The summed E-state index contributed by atoms with van der Waals surface area (Å²) in [5.41, 5.74) is 0.136. The van der Waals surface area contributed by atoms with Crippen molar-refractivity contribution >= 4 is 33.7 Å². The molecule has 22 heavy (non-hydrogen) atoms. The van der Waals surface area contributed by atoms with E-state index in [1.165, 1.54) is 23.9 Å². The maximum atomic E-state index is 12.7. The van der Waals surface area contributed by atoms with Gasteiger partial charge in [0, 0.05) is 23.7 Å². The number of halogens is 3. The summed E-state index contributed by atoms with van der Waals surface area (Å²) in [6.45, 7) is 0.657.